The van der Waals surface area contributed by atoms with Gasteiger partial charge in [-0.3, -0.25) is 14.9 Å². The zero-order valence-corrected chi connectivity index (χ0v) is 14.6. The van der Waals surface area contributed by atoms with Gasteiger partial charge in [-0.1, -0.05) is 12.8 Å². The van der Waals surface area contributed by atoms with Crippen LogP contribution in [-0.2, 0) is 0 Å². The fourth-order valence-corrected chi connectivity index (χ4v) is 3.59. The smallest absolute Gasteiger partial charge is 0.270 e. The van der Waals surface area contributed by atoms with Crippen molar-refractivity contribution in [1.29, 1.82) is 0 Å². The third kappa shape index (κ3) is 4.23. The molecular formula is C17H26N4O3. The maximum absolute atomic E-state index is 12.1. The number of nitrogens with zero attached hydrogens (tertiary/aromatic N) is 2. The molecule has 0 heterocycles. The number of nitro groups is 1. The second kappa shape index (κ2) is 7.61. The van der Waals surface area contributed by atoms with Crippen LogP contribution in [0.3, 0.4) is 0 Å². The molecule has 0 unspecified atom stereocenters. The predicted octanol–water partition coefficient (Wildman–Crippen LogP) is 2.49. The summed E-state index contributed by atoms with van der Waals surface area (Å²) in [5, 5.41) is 16.9. The first-order valence-electron chi connectivity index (χ1n) is 8.26. The molecule has 1 aliphatic rings. The Bertz CT molecular complexity index is 610. The Morgan fingerprint density at radius 2 is 2.00 bits per heavy atom. The van der Waals surface area contributed by atoms with Gasteiger partial charge in [0.2, 0.25) is 0 Å². The first-order chi connectivity index (χ1) is 11.4. The number of nitrogens with one attached hydrogen (secondary N) is 2. The Kier molecular flexibility index (Phi) is 5.77. The van der Waals surface area contributed by atoms with Crippen molar-refractivity contribution in [3.05, 3.63) is 33.9 Å². The van der Waals surface area contributed by atoms with Crippen molar-refractivity contribution >= 4 is 17.3 Å². The molecule has 0 bridgehead atoms. The van der Waals surface area contributed by atoms with E-state index in [4.69, 9.17) is 0 Å². The monoisotopic (exact) mass is 334 g/mol. The van der Waals surface area contributed by atoms with E-state index in [9.17, 15) is 14.9 Å². The van der Waals surface area contributed by atoms with Crippen LogP contribution in [-0.4, -0.2) is 50.0 Å². The quantitative estimate of drug-likeness (QED) is 0.591. The van der Waals surface area contributed by atoms with Crippen LogP contribution in [0.1, 0.15) is 36.0 Å². The Balaban J connectivity index is 2.21. The standard InChI is InChI=1S/C17H26N4O3/c1-18-16(22)14-10-13(21(23)24)6-7-15(14)19-11-17(12-20(2)3)8-4-5-9-17/h6-7,10,19H,4-5,8-9,11-12H2,1-3H3,(H,18,22). The Morgan fingerprint density at radius 3 is 2.54 bits per heavy atom. The number of nitro benzene ring substituents is 1. The lowest BCUT2D eigenvalue weighted by atomic mass is 9.85. The summed E-state index contributed by atoms with van der Waals surface area (Å²) in [6.45, 7) is 1.75. The van der Waals surface area contributed by atoms with Crippen molar-refractivity contribution in [3.63, 3.8) is 0 Å². The van der Waals surface area contributed by atoms with Crippen LogP contribution in [0.4, 0.5) is 11.4 Å². The lowest BCUT2D eigenvalue weighted by molar-refractivity contribution is -0.384. The van der Waals surface area contributed by atoms with Crippen molar-refractivity contribution in [3.8, 4) is 0 Å². The molecule has 24 heavy (non-hydrogen) atoms. The van der Waals surface area contributed by atoms with E-state index < -0.39 is 4.92 Å². The minimum Gasteiger partial charge on any atom is -0.384 e. The minimum atomic E-state index is -0.485. The molecule has 1 aromatic carbocycles. The number of non-ortho nitro benzene ring substituents is 1. The third-order valence-corrected chi connectivity index (χ3v) is 4.66. The number of carbonyl (C=O) groups is 1. The van der Waals surface area contributed by atoms with E-state index in [1.165, 1.54) is 32.0 Å². The highest BCUT2D eigenvalue weighted by Crippen LogP contribution is 2.39. The van der Waals surface area contributed by atoms with Crippen LogP contribution in [0.2, 0.25) is 0 Å². The molecule has 0 saturated heterocycles. The number of anilines is 1. The van der Waals surface area contributed by atoms with Gasteiger partial charge in [-0.25, -0.2) is 0 Å². The molecule has 1 aliphatic carbocycles. The zero-order valence-electron chi connectivity index (χ0n) is 14.6. The van der Waals surface area contributed by atoms with Crippen LogP contribution in [0.25, 0.3) is 0 Å². The Morgan fingerprint density at radius 1 is 1.33 bits per heavy atom. The summed E-state index contributed by atoms with van der Waals surface area (Å²) in [5.41, 5.74) is 1.06. The van der Waals surface area contributed by atoms with Crippen LogP contribution in [0, 0.1) is 15.5 Å². The van der Waals surface area contributed by atoms with E-state index in [-0.39, 0.29) is 17.0 Å². The molecular weight excluding hydrogens is 308 g/mol. The van der Waals surface area contributed by atoms with Gasteiger partial charge in [-0.15, -0.1) is 0 Å². The van der Waals surface area contributed by atoms with E-state index in [2.05, 4.69) is 29.6 Å². The van der Waals surface area contributed by atoms with Crippen LogP contribution >= 0.6 is 0 Å². The summed E-state index contributed by atoms with van der Waals surface area (Å²) >= 11 is 0. The molecule has 1 amide bonds. The average Bonchev–Trinajstić information content (AvgIpc) is 2.99. The molecule has 1 saturated carbocycles. The SMILES string of the molecule is CNC(=O)c1cc([N+](=O)[O-])ccc1NCC1(CN(C)C)CCCC1. The molecule has 2 N–H and O–H groups in total. The fourth-order valence-electron chi connectivity index (χ4n) is 3.59. The molecule has 0 aliphatic heterocycles. The largest absolute Gasteiger partial charge is 0.384 e. The molecule has 7 nitrogen and oxygen atoms in total. The highest BCUT2D eigenvalue weighted by Gasteiger charge is 2.34. The van der Waals surface area contributed by atoms with Gasteiger partial charge in [0.05, 0.1) is 10.5 Å². The molecule has 1 aromatic rings. The van der Waals surface area contributed by atoms with E-state index in [1.54, 1.807) is 6.07 Å². The first kappa shape index (κ1) is 18.2. The second-order valence-corrected chi connectivity index (χ2v) is 6.86. The molecule has 2 rings (SSSR count). The van der Waals surface area contributed by atoms with Gasteiger partial charge in [0.1, 0.15) is 0 Å². The molecule has 1 fully saturated rings. The van der Waals surface area contributed by atoms with Gasteiger partial charge >= 0.3 is 0 Å². The van der Waals surface area contributed by atoms with Crippen LogP contribution in [0.5, 0.6) is 0 Å². The van der Waals surface area contributed by atoms with Gasteiger partial charge in [0.25, 0.3) is 11.6 Å². The number of carbonyl (C=O) groups excluding carboxylic acids is 1. The maximum Gasteiger partial charge on any atom is 0.270 e. The molecule has 0 radical (unpaired) electrons. The summed E-state index contributed by atoms with van der Waals surface area (Å²) in [6.07, 6.45) is 4.75. The van der Waals surface area contributed by atoms with Crippen LogP contribution in [0.15, 0.2) is 18.2 Å². The molecule has 0 aromatic heterocycles. The van der Waals surface area contributed by atoms with Gasteiger partial charge in [0.15, 0.2) is 0 Å². The van der Waals surface area contributed by atoms with Crippen molar-refractivity contribution < 1.29 is 9.72 Å². The van der Waals surface area contributed by atoms with E-state index in [0.717, 1.165) is 25.9 Å². The number of hydrogen-bond donors (Lipinski definition) is 2. The number of hydrogen-bond acceptors (Lipinski definition) is 5. The molecule has 0 spiro atoms. The highest BCUT2D eigenvalue weighted by atomic mass is 16.6. The average molecular weight is 334 g/mol. The first-order valence-corrected chi connectivity index (χ1v) is 8.26. The van der Waals surface area contributed by atoms with Gasteiger partial charge in [0, 0.05) is 43.4 Å². The number of amides is 1. The maximum atomic E-state index is 12.1. The molecule has 132 valence electrons. The van der Waals surface area contributed by atoms with Crippen molar-refractivity contribution in [2.24, 2.45) is 5.41 Å². The van der Waals surface area contributed by atoms with E-state index >= 15 is 0 Å². The predicted molar refractivity (Wildman–Crippen MR) is 94.4 cm³/mol. The Hall–Kier alpha value is -2.15. The van der Waals surface area contributed by atoms with Crippen molar-refractivity contribution in [2.75, 3.05) is 39.5 Å². The molecule has 7 heteroatoms. The van der Waals surface area contributed by atoms with Gasteiger partial charge in [-0.05, 0) is 33.0 Å². The van der Waals surface area contributed by atoms with Crippen molar-refractivity contribution in [1.82, 2.24) is 10.2 Å². The topological polar surface area (TPSA) is 87.5 Å². The fraction of sp³-hybridized carbons (Fsp3) is 0.588. The highest BCUT2D eigenvalue weighted by molar-refractivity contribution is 6.00. The zero-order chi connectivity index (χ0) is 17.7. The van der Waals surface area contributed by atoms with E-state index in [1.807, 2.05) is 0 Å². The number of benzene rings is 1. The van der Waals surface area contributed by atoms with Gasteiger partial charge in [-0.2, -0.15) is 0 Å². The summed E-state index contributed by atoms with van der Waals surface area (Å²) in [5.74, 6) is -0.325. The van der Waals surface area contributed by atoms with E-state index in [0.29, 0.717) is 11.3 Å². The Labute approximate surface area is 142 Å². The lowest BCUT2D eigenvalue weighted by Crippen LogP contribution is -2.37. The summed E-state index contributed by atoms with van der Waals surface area (Å²) in [6, 6.07) is 4.39. The lowest BCUT2D eigenvalue weighted by Gasteiger charge is -2.33. The second-order valence-electron chi connectivity index (χ2n) is 6.86. The summed E-state index contributed by atoms with van der Waals surface area (Å²) in [7, 11) is 5.67. The normalized spacial score (nSPS) is 16.2. The minimum absolute atomic E-state index is 0.0805. The summed E-state index contributed by atoms with van der Waals surface area (Å²) in [4.78, 5) is 24.8. The molecule has 0 atom stereocenters. The van der Waals surface area contributed by atoms with Crippen LogP contribution < -0.4 is 10.6 Å². The van der Waals surface area contributed by atoms with Crippen molar-refractivity contribution in [2.45, 2.75) is 25.7 Å². The summed E-state index contributed by atoms with van der Waals surface area (Å²) < 4.78 is 0. The third-order valence-electron chi connectivity index (χ3n) is 4.66. The van der Waals surface area contributed by atoms with Gasteiger partial charge < -0.3 is 15.5 Å². The number of rotatable bonds is 7.